The molecule has 3 aromatic rings. The van der Waals surface area contributed by atoms with Crippen molar-refractivity contribution >= 4 is 49.4 Å². The minimum atomic E-state index is -0.348. The molecule has 0 radical (unpaired) electrons. The number of aromatic nitrogens is 1. The number of thiophene rings is 2. The molecule has 0 aliphatic rings. The zero-order chi connectivity index (χ0) is 18.8. The number of rotatable bonds is 7. The first-order chi connectivity index (χ1) is 12.6. The summed E-state index contributed by atoms with van der Waals surface area (Å²) in [5.74, 6) is 0. The van der Waals surface area contributed by atoms with E-state index in [1.807, 2.05) is 18.2 Å². The van der Waals surface area contributed by atoms with E-state index in [1.165, 1.54) is 37.0 Å². The lowest BCUT2D eigenvalue weighted by atomic mass is 10.2. The molecule has 8 heteroatoms. The van der Waals surface area contributed by atoms with Crippen molar-refractivity contribution in [2.45, 2.75) is 32.6 Å². The molecule has 0 amide bonds. The molecule has 6 nitrogen and oxygen atoms in total. The van der Waals surface area contributed by atoms with Gasteiger partial charge in [0.25, 0.3) is 5.69 Å². The molecule has 0 saturated heterocycles. The molecule has 0 spiro atoms. The van der Waals surface area contributed by atoms with Crippen LogP contribution in [0.4, 0.5) is 11.4 Å². The van der Waals surface area contributed by atoms with Gasteiger partial charge < -0.3 is 10.6 Å². The second-order valence-corrected chi connectivity index (χ2v) is 7.19. The van der Waals surface area contributed by atoms with Gasteiger partial charge in [0, 0.05) is 35.4 Å². The van der Waals surface area contributed by atoms with Crippen LogP contribution in [0.25, 0.3) is 9.40 Å². The zero-order valence-corrected chi connectivity index (χ0v) is 16.2. The van der Waals surface area contributed by atoms with Crippen LogP contribution < -0.4 is 10.6 Å². The van der Waals surface area contributed by atoms with Crippen molar-refractivity contribution in [2.75, 3.05) is 11.9 Å². The van der Waals surface area contributed by atoms with Crippen LogP contribution in [-0.2, 0) is 0 Å². The van der Waals surface area contributed by atoms with Crippen LogP contribution in [-0.4, -0.2) is 21.6 Å². The molecular formula is C18H22N4O2S2. The third-order valence-electron chi connectivity index (χ3n) is 3.61. The number of hydrogen-bond acceptors (Lipinski definition) is 5. The van der Waals surface area contributed by atoms with E-state index < -0.39 is 0 Å². The molecule has 0 unspecified atom stereocenters. The van der Waals surface area contributed by atoms with Gasteiger partial charge in [0.2, 0.25) is 0 Å². The number of unbranched alkanes of at least 4 members (excludes halogenated alkanes) is 3. The second-order valence-electron chi connectivity index (χ2n) is 5.67. The molecule has 0 aliphatic carbocycles. The maximum Gasteiger partial charge on any atom is 0.287 e. The Kier molecular flexibility index (Phi) is 8.17. The Balaban J connectivity index is 0.000000206. The van der Waals surface area contributed by atoms with Gasteiger partial charge in [-0.1, -0.05) is 26.2 Å². The summed E-state index contributed by atoms with van der Waals surface area (Å²) in [6, 6.07) is 9.04. The Bertz CT molecular complexity index is 808. The number of fused-ring (bicyclic) bond motifs is 2. The van der Waals surface area contributed by atoms with Gasteiger partial charge in [0.05, 0.1) is 4.92 Å². The molecule has 3 aromatic heterocycles. The van der Waals surface area contributed by atoms with Gasteiger partial charge in [-0.3, -0.25) is 15.1 Å². The summed E-state index contributed by atoms with van der Waals surface area (Å²) in [7, 11) is 0. The van der Waals surface area contributed by atoms with Crippen LogP contribution in [0, 0.1) is 10.1 Å². The molecule has 3 rings (SSSR count). The minimum absolute atomic E-state index is 0.238. The van der Waals surface area contributed by atoms with Gasteiger partial charge in [-0.2, -0.15) is 0 Å². The number of nitro groups is 1. The first-order valence-electron chi connectivity index (χ1n) is 8.51. The Morgan fingerprint density at radius 1 is 1.23 bits per heavy atom. The average Bonchev–Trinajstić information content (AvgIpc) is 3.26. The molecule has 138 valence electrons. The molecule has 0 fully saturated rings. The summed E-state index contributed by atoms with van der Waals surface area (Å²) in [6.45, 7) is 3.15. The smallest absolute Gasteiger partial charge is 0.287 e. The van der Waals surface area contributed by atoms with E-state index >= 15 is 0 Å². The van der Waals surface area contributed by atoms with Crippen molar-refractivity contribution in [1.29, 1.82) is 0 Å². The summed E-state index contributed by atoms with van der Waals surface area (Å²) >= 11 is 6.63. The van der Waals surface area contributed by atoms with Crippen LogP contribution in [0.1, 0.15) is 32.6 Å². The molecule has 0 atom stereocenters. The predicted molar refractivity (Wildman–Crippen MR) is 112 cm³/mol. The number of anilines is 1. The molecule has 3 heterocycles. The van der Waals surface area contributed by atoms with E-state index in [9.17, 15) is 10.1 Å². The van der Waals surface area contributed by atoms with E-state index in [0.29, 0.717) is 5.11 Å². The molecule has 2 bridgehead atoms. The maximum absolute atomic E-state index is 10.2. The molecule has 0 aromatic carbocycles. The first kappa shape index (κ1) is 20.0. The third-order valence-corrected chi connectivity index (χ3v) is 4.91. The lowest BCUT2D eigenvalue weighted by Crippen LogP contribution is -2.29. The number of hydrogen-bond donors (Lipinski definition) is 2. The first-order valence-corrected chi connectivity index (χ1v) is 9.73. The van der Waals surface area contributed by atoms with Crippen molar-refractivity contribution in [2.24, 2.45) is 0 Å². The van der Waals surface area contributed by atoms with Crippen molar-refractivity contribution in [3.63, 3.8) is 0 Å². The van der Waals surface area contributed by atoms with Gasteiger partial charge in [0.1, 0.15) is 4.70 Å². The van der Waals surface area contributed by atoms with Crippen LogP contribution >= 0.6 is 23.6 Å². The summed E-state index contributed by atoms with van der Waals surface area (Å²) in [4.78, 5) is 13.8. The van der Waals surface area contributed by atoms with Crippen LogP contribution in [0.2, 0.25) is 0 Å². The van der Waals surface area contributed by atoms with Gasteiger partial charge in [-0.25, -0.2) is 0 Å². The van der Waals surface area contributed by atoms with Crippen LogP contribution in [0.3, 0.4) is 0 Å². The van der Waals surface area contributed by atoms with Crippen molar-refractivity contribution in [3.8, 4) is 0 Å². The molecule has 26 heavy (non-hydrogen) atoms. The predicted octanol–water partition coefficient (Wildman–Crippen LogP) is 5.20. The summed E-state index contributed by atoms with van der Waals surface area (Å²) in [5, 5.41) is 17.2. The molecular weight excluding hydrogens is 368 g/mol. The van der Waals surface area contributed by atoms with Crippen molar-refractivity contribution < 1.29 is 4.92 Å². The Morgan fingerprint density at radius 2 is 2.00 bits per heavy atom. The highest BCUT2D eigenvalue weighted by Gasteiger charge is 2.13. The van der Waals surface area contributed by atoms with E-state index in [0.717, 1.165) is 21.6 Å². The van der Waals surface area contributed by atoms with Crippen molar-refractivity contribution in [3.05, 3.63) is 52.8 Å². The number of benzene rings is 1. The third kappa shape index (κ3) is 6.53. The normalized spacial score (nSPS) is 10.2. The lowest BCUT2D eigenvalue weighted by molar-refractivity contribution is -0.382. The minimum Gasteiger partial charge on any atom is -0.362 e. The standard InChI is InChI=1S/C12H19N3S.C6H3NO2S/c1-2-3-4-5-8-14-12(16)15-11-6-9-13-10-7-11;8-7(9)5-3-4-1-2-6(5)10-4/h6-7,9-10H,2-5,8H2,1H3,(H2,13,14,15,16);1-3H. The van der Waals surface area contributed by atoms with E-state index in [4.69, 9.17) is 12.2 Å². The Labute approximate surface area is 162 Å². The fourth-order valence-electron chi connectivity index (χ4n) is 2.28. The summed E-state index contributed by atoms with van der Waals surface area (Å²) < 4.78 is 1.74. The van der Waals surface area contributed by atoms with Gasteiger partial charge in [-0.15, -0.1) is 11.3 Å². The topological polar surface area (TPSA) is 80.1 Å². The van der Waals surface area contributed by atoms with Gasteiger partial charge >= 0.3 is 0 Å². The number of non-ortho nitro benzene ring substituents is 1. The molecule has 0 aliphatic heterocycles. The summed E-state index contributed by atoms with van der Waals surface area (Å²) in [5.41, 5.74) is 1.21. The Hall–Kier alpha value is -2.32. The zero-order valence-electron chi connectivity index (χ0n) is 14.6. The monoisotopic (exact) mass is 390 g/mol. The van der Waals surface area contributed by atoms with Gasteiger partial charge in [-0.05, 0) is 42.9 Å². The summed E-state index contributed by atoms with van der Waals surface area (Å²) in [6.07, 6.45) is 8.48. The second kappa shape index (κ2) is 10.6. The van der Waals surface area contributed by atoms with Crippen LogP contribution in [0.5, 0.6) is 0 Å². The largest absolute Gasteiger partial charge is 0.362 e. The highest BCUT2D eigenvalue weighted by molar-refractivity contribution is 7.80. The van der Waals surface area contributed by atoms with Crippen LogP contribution in [0.15, 0.2) is 42.7 Å². The number of nitro benzene ring substituents is 1. The highest BCUT2D eigenvalue weighted by Crippen LogP contribution is 2.33. The van der Waals surface area contributed by atoms with E-state index in [-0.39, 0.29) is 10.6 Å². The number of nitrogens with one attached hydrogen (secondary N) is 2. The fourth-order valence-corrected chi connectivity index (χ4v) is 3.44. The lowest BCUT2D eigenvalue weighted by Gasteiger charge is -2.09. The SMILES string of the molecule is CCCCCCNC(=S)Nc1ccncc1.O=[N+]([O-])c1cc2ccc1s2. The van der Waals surface area contributed by atoms with Gasteiger partial charge in [0.15, 0.2) is 5.11 Å². The maximum atomic E-state index is 10.2. The fraction of sp³-hybridized carbons (Fsp3) is 0.333. The quantitative estimate of drug-likeness (QED) is 0.250. The number of pyridine rings is 1. The highest BCUT2D eigenvalue weighted by atomic mass is 32.1. The Morgan fingerprint density at radius 3 is 2.54 bits per heavy atom. The van der Waals surface area contributed by atoms with E-state index in [2.05, 4.69) is 22.5 Å². The van der Waals surface area contributed by atoms with E-state index in [1.54, 1.807) is 24.5 Å². The average molecular weight is 391 g/mol. The molecule has 2 N–H and O–H groups in total. The molecule has 0 saturated carbocycles. The number of thiocarbonyl (C=S) groups is 1. The van der Waals surface area contributed by atoms with Crippen molar-refractivity contribution in [1.82, 2.24) is 10.3 Å². The number of nitrogens with zero attached hydrogens (tertiary/aromatic N) is 2.